The molecule has 0 spiro atoms. The summed E-state index contributed by atoms with van der Waals surface area (Å²) in [4.78, 5) is 1.21. The van der Waals surface area contributed by atoms with Gasteiger partial charge in [0.2, 0.25) is 0 Å². The number of thiophene rings is 1. The highest BCUT2D eigenvalue weighted by molar-refractivity contribution is 7.09. The molecule has 1 heterocycles. The second-order valence-corrected chi connectivity index (χ2v) is 4.81. The number of halogens is 3. The van der Waals surface area contributed by atoms with Gasteiger partial charge in [0.25, 0.3) is 0 Å². The standard InChI is InChI=1S/C11H15F3OS/c12-11(13,14)7-6-9(15)3-1-4-10-5-2-8-16-10/h2,5,8-9,15H,1,3-4,6-7H2. The van der Waals surface area contributed by atoms with E-state index in [4.69, 9.17) is 0 Å². The van der Waals surface area contributed by atoms with Crippen molar-refractivity contribution in [3.05, 3.63) is 22.4 Å². The van der Waals surface area contributed by atoms with Crippen LogP contribution in [0.5, 0.6) is 0 Å². The van der Waals surface area contributed by atoms with Crippen molar-refractivity contribution in [2.24, 2.45) is 0 Å². The fourth-order valence-electron chi connectivity index (χ4n) is 1.44. The first-order chi connectivity index (χ1) is 7.47. The molecule has 0 aromatic carbocycles. The Labute approximate surface area is 96.9 Å². The first-order valence-electron chi connectivity index (χ1n) is 5.24. The van der Waals surface area contributed by atoms with Crippen molar-refractivity contribution < 1.29 is 18.3 Å². The second-order valence-electron chi connectivity index (χ2n) is 3.78. The van der Waals surface area contributed by atoms with Gasteiger partial charge in [0.1, 0.15) is 0 Å². The van der Waals surface area contributed by atoms with Crippen LogP contribution < -0.4 is 0 Å². The molecule has 0 saturated heterocycles. The Balaban J connectivity index is 2.09. The van der Waals surface area contributed by atoms with Gasteiger partial charge in [0.05, 0.1) is 6.10 Å². The molecule has 0 saturated carbocycles. The molecule has 1 rings (SSSR count). The maximum Gasteiger partial charge on any atom is 0.389 e. The Morgan fingerprint density at radius 2 is 2.06 bits per heavy atom. The summed E-state index contributed by atoms with van der Waals surface area (Å²) in [6.07, 6.45) is -4.06. The van der Waals surface area contributed by atoms with Crippen LogP contribution in [0.15, 0.2) is 17.5 Å². The van der Waals surface area contributed by atoms with Crippen molar-refractivity contribution in [1.82, 2.24) is 0 Å². The van der Waals surface area contributed by atoms with Gasteiger partial charge in [-0.1, -0.05) is 6.07 Å². The zero-order valence-corrected chi connectivity index (χ0v) is 9.65. The first-order valence-corrected chi connectivity index (χ1v) is 6.12. The van der Waals surface area contributed by atoms with Crippen LogP contribution in [-0.2, 0) is 6.42 Å². The predicted octanol–water partition coefficient (Wildman–Crippen LogP) is 3.77. The minimum atomic E-state index is -4.16. The SMILES string of the molecule is OC(CCCc1cccs1)CCC(F)(F)F. The van der Waals surface area contributed by atoms with Gasteiger partial charge in [0, 0.05) is 11.3 Å². The van der Waals surface area contributed by atoms with Crippen LogP contribution >= 0.6 is 11.3 Å². The molecule has 1 nitrogen and oxygen atoms in total. The molecule has 1 aromatic heterocycles. The molecule has 0 fully saturated rings. The fourth-order valence-corrected chi connectivity index (χ4v) is 2.19. The molecule has 16 heavy (non-hydrogen) atoms. The number of aliphatic hydroxyl groups is 1. The third kappa shape index (κ3) is 6.12. The monoisotopic (exact) mass is 252 g/mol. The van der Waals surface area contributed by atoms with Crippen molar-refractivity contribution in [2.45, 2.75) is 44.4 Å². The third-order valence-electron chi connectivity index (χ3n) is 2.30. The van der Waals surface area contributed by atoms with Crippen LogP contribution in [0.4, 0.5) is 13.2 Å². The normalized spacial score (nSPS) is 14.0. The van der Waals surface area contributed by atoms with Crippen molar-refractivity contribution in [1.29, 1.82) is 0 Å². The highest BCUT2D eigenvalue weighted by Crippen LogP contribution is 2.23. The van der Waals surface area contributed by atoms with Crippen LogP contribution in [0, 0.1) is 0 Å². The Hall–Kier alpha value is -0.550. The van der Waals surface area contributed by atoms with Gasteiger partial charge >= 0.3 is 6.18 Å². The lowest BCUT2D eigenvalue weighted by atomic mass is 10.1. The molecule has 0 aliphatic heterocycles. The second kappa shape index (κ2) is 6.25. The molecule has 0 aliphatic carbocycles. The number of hydrogen-bond acceptors (Lipinski definition) is 2. The fraction of sp³-hybridized carbons (Fsp3) is 0.636. The Bertz CT molecular complexity index is 282. The smallest absolute Gasteiger partial charge is 0.389 e. The molecule has 1 aromatic rings. The van der Waals surface area contributed by atoms with E-state index < -0.39 is 18.7 Å². The van der Waals surface area contributed by atoms with Crippen molar-refractivity contribution in [2.75, 3.05) is 0 Å². The van der Waals surface area contributed by atoms with Crippen LogP contribution in [-0.4, -0.2) is 17.4 Å². The molecule has 0 aliphatic rings. The molecule has 1 unspecified atom stereocenters. The van der Waals surface area contributed by atoms with Gasteiger partial charge in [0.15, 0.2) is 0 Å². The Kier molecular flexibility index (Phi) is 5.28. The summed E-state index contributed by atoms with van der Waals surface area (Å²) in [6, 6.07) is 3.94. The van der Waals surface area contributed by atoms with Gasteiger partial charge < -0.3 is 5.11 Å². The zero-order chi connectivity index (χ0) is 12.0. The Morgan fingerprint density at radius 3 is 2.62 bits per heavy atom. The maximum atomic E-state index is 11.9. The number of aryl methyl sites for hydroxylation is 1. The molecule has 5 heteroatoms. The molecule has 1 atom stereocenters. The van der Waals surface area contributed by atoms with E-state index in [0.717, 1.165) is 12.8 Å². The van der Waals surface area contributed by atoms with E-state index in [-0.39, 0.29) is 6.42 Å². The van der Waals surface area contributed by atoms with Crippen LogP contribution in [0.3, 0.4) is 0 Å². The van der Waals surface area contributed by atoms with Crippen LogP contribution in [0.1, 0.15) is 30.6 Å². The van der Waals surface area contributed by atoms with E-state index in [9.17, 15) is 18.3 Å². The average Bonchev–Trinajstić information content (AvgIpc) is 2.66. The van der Waals surface area contributed by atoms with E-state index in [0.29, 0.717) is 6.42 Å². The topological polar surface area (TPSA) is 20.2 Å². The number of hydrogen-bond donors (Lipinski definition) is 1. The molecule has 0 bridgehead atoms. The summed E-state index contributed by atoms with van der Waals surface area (Å²) in [6.45, 7) is 0. The highest BCUT2D eigenvalue weighted by atomic mass is 32.1. The van der Waals surface area contributed by atoms with E-state index in [1.807, 2.05) is 17.5 Å². The van der Waals surface area contributed by atoms with Gasteiger partial charge in [-0.25, -0.2) is 0 Å². The number of rotatable bonds is 6. The molecule has 1 N–H and O–H groups in total. The minimum absolute atomic E-state index is 0.187. The molecular weight excluding hydrogens is 237 g/mol. The lowest BCUT2D eigenvalue weighted by Gasteiger charge is -2.11. The average molecular weight is 252 g/mol. The lowest BCUT2D eigenvalue weighted by Crippen LogP contribution is -2.14. The molecule has 0 amide bonds. The summed E-state index contributed by atoms with van der Waals surface area (Å²) in [7, 11) is 0. The van der Waals surface area contributed by atoms with Crippen LogP contribution in [0.25, 0.3) is 0 Å². The van der Waals surface area contributed by atoms with Crippen molar-refractivity contribution in [3.63, 3.8) is 0 Å². The van der Waals surface area contributed by atoms with E-state index >= 15 is 0 Å². The summed E-state index contributed by atoms with van der Waals surface area (Å²) in [5, 5.41) is 11.3. The molecule has 92 valence electrons. The highest BCUT2D eigenvalue weighted by Gasteiger charge is 2.27. The maximum absolute atomic E-state index is 11.9. The molecule has 0 radical (unpaired) electrons. The largest absolute Gasteiger partial charge is 0.393 e. The quantitative estimate of drug-likeness (QED) is 0.817. The summed E-state index contributed by atoms with van der Waals surface area (Å²) in [5.41, 5.74) is 0. The first kappa shape index (κ1) is 13.5. The molecular formula is C11H15F3OS. The van der Waals surface area contributed by atoms with E-state index in [2.05, 4.69) is 0 Å². The van der Waals surface area contributed by atoms with Crippen molar-refractivity contribution in [3.8, 4) is 0 Å². The minimum Gasteiger partial charge on any atom is -0.393 e. The van der Waals surface area contributed by atoms with Gasteiger partial charge in [-0.05, 0) is 37.1 Å². The van der Waals surface area contributed by atoms with E-state index in [1.54, 1.807) is 11.3 Å². The number of alkyl halides is 3. The summed E-state index contributed by atoms with van der Waals surface area (Å²) < 4.78 is 35.6. The summed E-state index contributed by atoms with van der Waals surface area (Å²) >= 11 is 1.63. The predicted molar refractivity (Wildman–Crippen MR) is 58.6 cm³/mol. The van der Waals surface area contributed by atoms with Gasteiger partial charge in [-0.3, -0.25) is 0 Å². The Morgan fingerprint density at radius 1 is 1.31 bits per heavy atom. The van der Waals surface area contributed by atoms with Crippen molar-refractivity contribution >= 4 is 11.3 Å². The van der Waals surface area contributed by atoms with Crippen LogP contribution in [0.2, 0.25) is 0 Å². The van der Waals surface area contributed by atoms with E-state index in [1.165, 1.54) is 4.88 Å². The number of aliphatic hydroxyl groups excluding tert-OH is 1. The third-order valence-corrected chi connectivity index (χ3v) is 3.24. The zero-order valence-electron chi connectivity index (χ0n) is 8.83. The summed E-state index contributed by atoms with van der Waals surface area (Å²) in [5.74, 6) is 0. The lowest BCUT2D eigenvalue weighted by molar-refractivity contribution is -0.140. The van der Waals surface area contributed by atoms with Gasteiger partial charge in [-0.2, -0.15) is 13.2 Å². The van der Waals surface area contributed by atoms with Gasteiger partial charge in [-0.15, -0.1) is 11.3 Å².